The molecule has 0 aliphatic heterocycles. The Hall–Kier alpha value is -3.68. The van der Waals surface area contributed by atoms with E-state index in [2.05, 4.69) is 15.0 Å². The van der Waals surface area contributed by atoms with Crippen molar-refractivity contribution in [3.63, 3.8) is 0 Å². The Morgan fingerprint density at radius 2 is 1.82 bits per heavy atom. The Labute approximate surface area is 161 Å². The minimum absolute atomic E-state index is 0.100. The second kappa shape index (κ2) is 8.34. The van der Waals surface area contributed by atoms with Crippen LogP contribution in [0.2, 0.25) is 0 Å². The molecule has 0 saturated heterocycles. The van der Waals surface area contributed by atoms with Crippen molar-refractivity contribution in [2.24, 2.45) is 10.2 Å². The number of aromatic nitrogens is 1. The van der Waals surface area contributed by atoms with Crippen LogP contribution < -0.4 is 4.74 Å². The van der Waals surface area contributed by atoms with Crippen LogP contribution >= 0.6 is 0 Å². The Balaban J connectivity index is 1.79. The van der Waals surface area contributed by atoms with Gasteiger partial charge in [-0.2, -0.15) is 0 Å². The van der Waals surface area contributed by atoms with Crippen molar-refractivity contribution >= 4 is 28.5 Å². The molecule has 1 N–H and O–H groups in total. The van der Waals surface area contributed by atoms with E-state index >= 15 is 0 Å². The second-order valence-electron chi connectivity index (χ2n) is 6.05. The number of hydrogen-bond donors (Lipinski definition) is 1. The number of nitrogens with zero attached hydrogens (tertiary/aromatic N) is 3. The standard InChI is InChI=1S/C20H19N3O5/c1-13-7-9-14(10-8-13)28-12-17(24)21-22-19-15-5-3-4-6-16(15)23(20(19)26)11-18(25)27-2/h3-10,26H,11-12H2,1-2H3. The summed E-state index contributed by atoms with van der Waals surface area (Å²) < 4.78 is 11.4. The molecule has 0 unspecified atom stereocenters. The molecule has 3 rings (SSSR count). The molecule has 1 heterocycles. The minimum atomic E-state index is -0.607. The molecule has 1 amide bonds. The molecule has 8 heteroatoms. The zero-order chi connectivity index (χ0) is 20.1. The predicted octanol–water partition coefficient (Wildman–Crippen LogP) is 3.52. The largest absolute Gasteiger partial charge is 0.493 e. The van der Waals surface area contributed by atoms with Gasteiger partial charge in [-0.15, -0.1) is 10.2 Å². The molecule has 0 bridgehead atoms. The number of para-hydroxylation sites is 1. The van der Waals surface area contributed by atoms with E-state index in [9.17, 15) is 14.7 Å². The maximum absolute atomic E-state index is 12.0. The van der Waals surface area contributed by atoms with Gasteiger partial charge in [-0.3, -0.25) is 14.2 Å². The maximum atomic E-state index is 12.0. The molecular formula is C20H19N3O5. The molecule has 8 nitrogen and oxygen atoms in total. The smallest absolute Gasteiger partial charge is 0.325 e. The lowest BCUT2D eigenvalue weighted by atomic mass is 10.2. The molecule has 0 aliphatic rings. The number of carbonyl (C=O) groups excluding carboxylic acids is 2. The summed E-state index contributed by atoms with van der Waals surface area (Å²) in [5.74, 6) is -0.860. The number of azo groups is 1. The number of fused-ring (bicyclic) bond motifs is 1. The van der Waals surface area contributed by atoms with Crippen LogP contribution in [0.1, 0.15) is 5.56 Å². The summed E-state index contributed by atoms with van der Waals surface area (Å²) in [7, 11) is 1.26. The summed E-state index contributed by atoms with van der Waals surface area (Å²) in [4.78, 5) is 23.6. The lowest BCUT2D eigenvalue weighted by Crippen LogP contribution is -2.10. The van der Waals surface area contributed by atoms with Crippen molar-refractivity contribution in [1.29, 1.82) is 0 Å². The molecular weight excluding hydrogens is 362 g/mol. The van der Waals surface area contributed by atoms with Crippen LogP contribution in [0.25, 0.3) is 10.9 Å². The summed E-state index contributed by atoms with van der Waals surface area (Å²) in [5.41, 5.74) is 1.75. The van der Waals surface area contributed by atoms with Crippen LogP contribution in [-0.4, -0.2) is 35.3 Å². The van der Waals surface area contributed by atoms with Gasteiger partial charge in [0, 0.05) is 5.39 Å². The lowest BCUT2D eigenvalue weighted by molar-refractivity contribution is -0.141. The Morgan fingerprint density at radius 1 is 1.11 bits per heavy atom. The molecule has 28 heavy (non-hydrogen) atoms. The highest BCUT2D eigenvalue weighted by Gasteiger charge is 2.18. The average molecular weight is 381 g/mol. The average Bonchev–Trinajstić information content (AvgIpc) is 2.97. The highest BCUT2D eigenvalue weighted by molar-refractivity contribution is 5.96. The number of aryl methyl sites for hydroxylation is 1. The first-order valence-electron chi connectivity index (χ1n) is 8.50. The van der Waals surface area contributed by atoms with Crippen molar-refractivity contribution in [3.8, 4) is 11.6 Å². The van der Waals surface area contributed by atoms with Gasteiger partial charge in [0.15, 0.2) is 12.3 Å². The van der Waals surface area contributed by atoms with Gasteiger partial charge < -0.3 is 14.6 Å². The second-order valence-corrected chi connectivity index (χ2v) is 6.05. The number of methoxy groups -OCH3 is 1. The molecule has 0 atom stereocenters. The fourth-order valence-electron chi connectivity index (χ4n) is 2.64. The van der Waals surface area contributed by atoms with Crippen molar-refractivity contribution in [2.75, 3.05) is 13.7 Å². The Kier molecular flexibility index (Phi) is 5.69. The quantitative estimate of drug-likeness (QED) is 0.520. The van der Waals surface area contributed by atoms with E-state index in [-0.39, 0.29) is 24.7 Å². The normalized spacial score (nSPS) is 11.1. The molecule has 0 aliphatic carbocycles. The molecule has 0 saturated carbocycles. The van der Waals surface area contributed by atoms with Crippen molar-refractivity contribution in [1.82, 2.24) is 4.57 Å². The van der Waals surface area contributed by atoms with Crippen LogP contribution in [0.4, 0.5) is 5.69 Å². The third kappa shape index (κ3) is 4.17. The van der Waals surface area contributed by atoms with E-state index in [1.54, 1.807) is 36.4 Å². The number of carbonyl (C=O) groups is 2. The van der Waals surface area contributed by atoms with Gasteiger partial charge in [0.25, 0.3) is 0 Å². The SMILES string of the molecule is COC(=O)Cn1c(O)c(N=NC(=O)COc2ccc(C)cc2)c2ccccc21. The topological polar surface area (TPSA) is 102 Å². The van der Waals surface area contributed by atoms with Crippen molar-refractivity contribution < 1.29 is 24.2 Å². The number of amides is 1. The Morgan fingerprint density at radius 3 is 2.54 bits per heavy atom. The van der Waals surface area contributed by atoms with Crippen LogP contribution in [0.3, 0.4) is 0 Å². The monoisotopic (exact) mass is 381 g/mol. The highest BCUT2D eigenvalue weighted by atomic mass is 16.5. The van der Waals surface area contributed by atoms with E-state index in [0.717, 1.165) is 5.56 Å². The minimum Gasteiger partial charge on any atom is -0.493 e. The fourth-order valence-corrected chi connectivity index (χ4v) is 2.64. The van der Waals surface area contributed by atoms with Crippen LogP contribution in [0.5, 0.6) is 11.6 Å². The van der Waals surface area contributed by atoms with E-state index in [1.807, 2.05) is 19.1 Å². The number of esters is 1. The van der Waals surface area contributed by atoms with Crippen LogP contribution in [-0.2, 0) is 20.9 Å². The molecule has 2 aromatic carbocycles. The lowest BCUT2D eigenvalue weighted by Gasteiger charge is -2.04. The van der Waals surface area contributed by atoms with Gasteiger partial charge in [-0.1, -0.05) is 35.9 Å². The zero-order valence-corrected chi connectivity index (χ0v) is 15.5. The van der Waals surface area contributed by atoms with E-state index in [0.29, 0.717) is 16.7 Å². The fraction of sp³-hybridized carbons (Fsp3) is 0.200. The molecule has 0 fully saturated rings. The summed E-state index contributed by atoms with van der Waals surface area (Å²) in [6.07, 6.45) is 0. The first kappa shape index (κ1) is 19.1. The van der Waals surface area contributed by atoms with Crippen molar-refractivity contribution in [3.05, 3.63) is 54.1 Å². The van der Waals surface area contributed by atoms with Gasteiger partial charge >= 0.3 is 11.9 Å². The molecule has 0 radical (unpaired) electrons. The van der Waals surface area contributed by atoms with Crippen LogP contribution in [0, 0.1) is 6.92 Å². The first-order valence-corrected chi connectivity index (χ1v) is 8.50. The first-order chi connectivity index (χ1) is 13.5. The number of aromatic hydroxyl groups is 1. The number of benzene rings is 2. The van der Waals surface area contributed by atoms with Gasteiger partial charge in [-0.25, -0.2) is 0 Å². The predicted molar refractivity (Wildman–Crippen MR) is 102 cm³/mol. The molecule has 144 valence electrons. The Bertz CT molecular complexity index is 1040. The number of hydrogen-bond acceptors (Lipinski definition) is 6. The molecule has 3 aromatic rings. The third-order valence-corrected chi connectivity index (χ3v) is 4.08. The molecule has 0 spiro atoms. The maximum Gasteiger partial charge on any atom is 0.325 e. The van der Waals surface area contributed by atoms with Crippen molar-refractivity contribution in [2.45, 2.75) is 13.5 Å². The zero-order valence-electron chi connectivity index (χ0n) is 15.5. The van der Waals surface area contributed by atoms with Gasteiger partial charge in [0.05, 0.1) is 12.6 Å². The van der Waals surface area contributed by atoms with E-state index in [1.165, 1.54) is 11.7 Å². The van der Waals surface area contributed by atoms with Crippen LogP contribution in [0.15, 0.2) is 58.8 Å². The van der Waals surface area contributed by atoms with E-state index < -0.39 is 11.9 Å². The van der Waals surface area contributed by atoms with E-state index in [4.69, 9.17) is 4.74 Å². The summed E-state index contributed by atoms with van der Waals surface area (Å²) >= 11 is 0. The van der Waals surface area contributed by atoms with Gasteiger partial charge in [0.1, 0.15) is 12.3 Å². The van der Waals surface area contributed by atoms with Gasteiger partial charge in [-0.05, 0) is 25.1 Å². The van der Waals surface area contributed by atoms with Gasteiger partial charge in [0.2, 0.25) is 5.88 Å². The summed E-state index contributed by atoms with van der Waals surface area (Å²) in [6.45, 7) is 1.48. The number of rotatable bonds is 6. The molecule has 1 aromatic heterocycles. The summed E-state index contributed by atoms with van der Waals surface area (Å²) in [5, 5.41) is 18.5. The number of ether oxygens (including phenoxy) is 2. The third-order valence-electron chi connectivity index (χ3n) is 4.08. The summed E-state index contributed by atoms with van der Waals surface area (Å²) in [6, 6.07) is 14.2. The highest BCUT2D eigenvalue weighted by Crippen LogP contribution is 2.38.